The molecule has 8 heteroatoms. The van der Waals surface area contributed by atoms with Crippen LogP contribution in [0.4, 0.5) is 0 Å². The highest BCUT2D eigenvalue weighted by atomic mass is 127. The lowest BCUT2D eigenvalue weighted by Gasteiger charge is -2.10. The Morgan fingerprint density at radius 1 is 1.24 bits per heavy atom. The van der Waals surface area contributed by atoms with Crippen molar-refractivity contribution in [1.29, 1.82) is 0 Å². The van der Waals surface area contributed by atoms with Crippen LogP contribution < -0.4 is 0 Å². The number of aromatic nitrogens is 3. The fraction of sp³-hybridized carbons (Fsp3) is 0.286. The zero-order valence-electron chi connectivity index (χ0n) is 16.0. The first-order chi connectivity index (χ1) is 14.0. The second-order valence-electron chi connectivity index (χ2n) is 7.21. The molecule has 2 heterocycles. The van der Waals surface area contributed by atoms with E-state index < -0.39 is 0 Å². The van der Waals surface area contributed by atoms with Crippen LogP contribution in [0.25, 0.3) is 11.3 Å². The van der Waals surface area contributed by atoms with Gasteiger partial charge in [0.1, 0.15) is 15.7 Å². The first-order valence-electron chi connectivity index (χ1n) is 9.20. The topological polar surface area (TPSA) is 51.0 Å². The lowest BCUT2D eigenvalue weighted by atomic mass is 10.0. The number of benzene rings is 1. The lowest BCUT2D eigenvalue weighted by Crippen LogP contribution is -2.23. The molecule has 29 heavy (non-hydrogen) atoms. The quantitative estimate of drug-likeness (QED) is 0.314. The predicted molar refractivity (Wildman–Crippen MR) is 125 cm³/mol. The number of carbonyl (C=O) groups is 1. The van der Waals surface area contributed by atoms with Crippen molar-refractivity contribution in [2.75, 3.05) is 14.1 Å². The molecule has 0 saturated heterocycles. The van der Waals surface area contributed by atoms with Crippen molar-refractivity contribution >= 4 is 51.9 Å². The van der Waals surface area contributed by atoms with Gasteiger partial charge in [0.2, 0.25) is 5.91 Å². The van der Waals surface area contributed by atoms with Gasteiger partial charge in [0.15, 0.2) is 0 Å². The van der Waals surface area contributed by atoms with Crippen LogP contribution >= 0.6 is 46.0 Å². The molecule has 1 saturated carbocycles. The van der Waals surface area contributed by atoms with Crippen molar-refractivity contribution < 1.29 is 4.79 Å². The first-order valence-corrected chi connectivity index (χ1v) is 11.9. The van der Waals surface area contributed by atoms with E-state index in [0.717, 1.165) is 32.3 Å². The largest absolute Gasteiger partial charge is 0.349 e. The molecule has 2 aromatic heterocycles. The van der Waals surface area contributed by atoms with Crippen LogP contribution in [0.1, 0.15) is 17.9 Å². The van der Waals surface area contributed by atoms with E-state index in [1.54, 1.807) is 22.9 Å². The van der Waals surface area contributed by atoms with Crippen molar-refractivity contribution in [3.63, 3.8) is 0 Å². The molecule has 0 radical (unpaired) electrons. The molecule has 150 valence electrons. The smallest absolute Gasteiger partial charge is 0.225 e. The van der Waals surface area contributed by atoms with E-state index in [2.05, 4.69) is 61.4 Å². The molecule has 2 atom stereocenters. The maximum Gasteiger partial charge on any atom is 0.225 e. The minimum absolute atomic E-state index is 0.121. The van der Waals surface area contributed by atoms with E-state index in [-0.39, 0.29) is 11.8 Å². The van der Waals surface area contributed by atoms with Crippen LogP contribution in [-0.2, 0) is 9.35 Å². The van der Waals surface area contributed by atoms with Crippen molar-refractivity contribution in [3.8, 4) is 11.3 Å². The molecule has 4 rings (SSSR count). The summed E-state index contributed by atoms with van der Waals surface area (Å²) in [6, 6.07) is 12.2. The minimum atomic E-state index is 0.121. The van der Waals surface area contributed by atoms with E-state index in [1.165, 1.54) is 5.56 Å². The molecule has 0 N–H and O–H groups in total. The monoisotopic (exact) mass is 538 g/mol. The molecule has 1 aromatic carbocycles. The van der Waals surface area contributed by atoms with Crippen molar-refractivity contribution in [2.24, 2.45) is 5.92 Å². The zero-order valence-corrected chi connectivity index (χ0v) is 19.8. The van der Waals surface area contributed by atoms with Gasteiger partial charge in [-0.05, 0) is 41.8 Å². The molecule has 1 aliphatic carbocycles. The number of carbonyl (C=O) groups excluding carboxylic acids is 1. The average Bonchev–Trinajstić information content (AvgIpc) is 3.43. The number of halogens is 2. The second-order valence-corrected chi connectivity index (χ2v) is 9.34. The Bertz CT molecular complexity index is 1020. The highest BCUT2D eigenvalue weighted by molar-refractivity contribution is 14.1. The average molecular weight is 539 g/mol. The lowest BCUT2D eigenvalue weighted by molar-refractivity contribution is -0.130. The summed E-state index contributed by atoms with van der Waals surface area (Å²) in [6.07, 6.45) is 4.45. The van der Waals surface area contributed by atoms with Gasteiger partial charge in [-0.25, -0.2) is 9.97 Å². The fourth-order valence-corrected chi connectivity index (χ4v) is 5.14. The van der Waals surface area contributed by atoms with Crippen LogP contribution in [0.5, 0.6) is 0 Å². The Hall–Kier alpha value is -1.58. The van der Waals surface area contributed by atoms with E-state index >= 15 is 0 Å². The summed E-state index contributed by atoms with van der Waals surface area (Å²) < 4.78 is 2.91. The Kier molecular flexibility index (Phi) is 6.17. The van der Waals surface area contributed by atoms with Crippen LogP contribution in [0.2, 0.25) is 5.02 Å². The molecule has 0 aliphatic heterocycles. The van der Waals surface area contributed by atoms with E-state index in [4.69, 9.17) is 11.6 Å². The van der Waals surface area contributed by atoms with E-state index in [9.17, 15) is 4.79 Å². The summed E-state index contributed by atoms with van der Waals surface area (Å²) in [5, 5.41) is 2.55. The van der Waals surface area contributed by atoms with E-state index in [0.29, 0.717) is 10.9 Å². The van der Waals surface area contributed by atoms with Gasteiger partial charge in [-0.2, -0.15) is 0 Å². The Labute approximate surface area is 193 Å². The van der Waals surface area contributed by atoms with Gasteiger partial charge >= 0.3 is 0 Å². The Balaban J connectivity index is 1.57. The van der Waals surface area contributed by atoms with Crippen LogP contribution in [0, 0.1) is 5.92 Å². The van der Waals surface area contributed by atoms with Crippen molar-refractivity contribution in [3.05, 3.63) is 59.5 Å². The number of nitrogens with zero attached hydrogens (tertiary/aromatic N) is 4. The highest BCUT2D eigenvalue weighted by Gasteiger charge is 2.44. The maximum atomic E-state index is 12.1. The number of alkyl halides is 1. The Morgan fingerprint density at radius 2 is 2.00 bits per heavy atom. The van der Waals surface area contributed by atoms with Gasteiger partial charge in [0.25, 0.3) is 0 Å². The summed E-state index contributed by atoms with van der Waals surface area (Å²) in [6.45, 7) is 0. The third-order valence-electron chi connectivity index (χ3n) is 4.98. The van der Waals surface area contributed by atoms with Gasteiger partial charge in [-0.3, -0.25) is 4.79 Å². The second kappa shape index (κ2) is 8.65. The third-order valence-corrected chi connectivity index (χ3v) is 7.01. The van der Waals surface area contributed by atoms with Crippen molar-refractivity contribution in [1.82, 2.24) is 19.4 Å². The van der Waals surface area contributed by atoms with Gasteiger partial charge in [0, 0.05) is 31.8 Å². The zero-order chi connectivity index (χ0) is 20.5. The minimum Gasteiger partial charge on any atom is -0.349 e. The standard InChI is InChI=1S/C21H20ClIN4OS/c1-26(2)20(28)17-9-16(17)13-3-5-14(6-4-13)19-21(27(11-23)12-25-19)29-18-8-7-15(22)10-24-18/h3-8,10,12,16-17H,9,11H2,1-2H3/t16?,17-/m0/s1. The maximum absolute atomic E-state index is 12.1. The molecule has 3 aromatic rings. The molecule has 0 spiro atoms. The molecule has 0 bridgehead atoms. The Morgan fingerprint density at radius 3 is 2.62 bits per heavy atom. The summed E-state index contributed by atoms with van der Waals surface area (Å²) in [5.74, 6) is 0.670. The number of imidazole rings is 1. The first kappa shape index (κ1) is 20.7. The summed E-state index contributed by atoms with van der Waals surface area (Å²) >= 11 is 9.87. The fourth-order valence-electron chi connectivity index (χ4n) is 3.34. The summed E-state index contributed by atoms with van der Waals surface area (Å²) in [7, 11) is 3.64. The van der Waals surface area contributed by atoms with Gasteiger partial charge < -0.3 is 9.47 Å². The third kappa shape index (κ3) is 4.46. The normalized spacial score (nSPS) is 17.9. The predicted octanol–water partition coefficient (Wildman–Crippen LogP) is 5.33. The molecular formula is C21H20ClIN4OS. The van der Waals surface area contributed by atoms with E-state index in [1.807, 2.05) is 32.6 Å². The number of amides is 1. The molecule has 1 amide bonds. The summed E-state index contributed by atoms with van der Waals surface area (Å²) in [5.41, 5.74) is 3.22. The van der Waals surface area contributed by atoms with Gasteiger partial charge in [-0.1, -0.05) is 58.5 Å². The molecule has 1 aliphatic rings. The van der Waals surface area contributed by atoms with Crippen LogP contribution in [0.3, 0.4) is 0 Å². The number of hydrogen-bond acceptors (Lipinski definition) is 4. The molecule has 5 nitrogen and oxygen atoms in total. The van der Waals surface area contributed by atoms with Crippen LogP contribution in [-0.4, -0.2) is 39.4 Å². The highest BCUT2D eigenvalue weighted by Crippen LogP contribution is 2.48. The number of pyridine rings is 1. The number of rotatable bonds is 6. The van der Waals surface area contributed by atoms with Crippen LogP contribution in [0.15, 0.2) is 59.0 Å². The summed E-state index contributed by atoms with van der Waals surface area (Å²) in [4.78, 5) is 22.9. The van der Waals surface area contributed by atoms with Crippen molar-refractivity contribution in [2.45, 2.75) is 26.9 Å². The van der Waals surface area contributed by atoms with Gasteiger partial charge in [-0.15, -0.1) is 0 Å². The SMILES string of the molecule is CN(C)C(=O)[C@H]1CC1c1ccc(-c2ncn(CI)c2Sc2ccc(Cl)cn2)cc1. The van der Waals surface area contributed by atoms with Gasteiger partial charge in [0.05, 0.1) is 15.9 Å². The molecule has 1 unspecified atom stereocenters. The molecular weight excluding hydrogens is 519 g/mol. The number of hydrogen-bond donors (Lipinski definition) is 0. The molecule has 1 fully saturated rings.